The fraction of sp³-hybridized carbons (Fsp3) is 0.308. The highest BCUT2D eigenvalue weighted by Crippen LogP contribution is 2.07. The highest BCUT2D eigenvalue weighted by atomic mass is 16.5. The first-order chi connectivity index (χ1) is 7.27. The van der Waals surface area contributed by atoms with Crippen molar-refractivity contribution in [3.63, 3.8) is 0 Å². The first kappa shape index (κ1) is 11.5. The molecular formula is C13H17NO. The van der Waals surface area contributed by atoms with Crippen LogP contribution in [0.5, 0.6) is 0 Å². The Hall–Kier alpha value is -1.57. The molecule has 0 aliphatic heterocycles. The van der Waals surface area contributed by atoms with Crippen molar-refractivity contribution in [2.75, 3.05) is 7.05 Å². The molecule has 1 rings (SSSR count). The number of rotatable bonds is 3. The maximum Gasteiger partial charge on any atom is 0.221 e. The first-order valence-electron chi connectivity index (χ1n) is 5.14. The average molecular weight is 203 g/mol. The monoisotopic (exact) mass is 203 g/mol. The second-order valence-corrected chi connectivity index (χ2v) is 3.22. The summed E-state index contributed by atoms with van der Waals surface area (Å²) in [5.41, 5.74) is 1.00. The minimum absolute atomic E-state index is 0.665. The van der Waals surface area contributed by atoms with Crippen LogP contribution in [0, 0.1) is 0 Å². The van der Waals surface area contributed by atoms with Crippen LogP contribution < -0.4 is 0 Å². The fourth-order valence-corrected chi connectivity index (χ4v) is 1.30. The molecule has 0 aliphatic carbocycles. The average Bonchev–Trinajstić information content (AvgIpc) is 2.27. The quantitative estimate of drug-likeness (QED) is 0.419. The molecule has 1 aromatic rings. The summed E-state index contributed by atoms with van der Waals surface area (Å²) in [5, 5.41) is 0. The minimum atomic E-state index is 0.665. The van der Waals surface area contributed by atoms with Gasteiger partial charge in [0.05, 0.1) is 5.76 Å². The van der Waals surface area contributed by atoms with Crippen LogP contribution in [-0.4, -0.2) is 12.9 Å². The zero-order chi connectivity index (χ0) is 11.1. The molecule has 0 aromatic heterocycles. The summed E-state index contributed by atoms with van der Waals surface area (Å²) < 4.78 is 5.64. The molecule has 0 spiro atoms. The highest BCUT2D eigenvalue weighted by Gasteiger charge is 2.03. The number of hydrogen-bond acceptors (Lipinski definition) is 2. The van der Waals surface area contributed by atoms with Crippen LogP contribution in [-0.2, 0) is 4.74 Å². The number of ether oxygens (including phenoxy) is 1. The van der Waals surface area contributed by atoms with Gasteiger partial charge in [-0.05, 0) is 31.6 Å². The van der Waals surface area contributed by atoms with E-state index >= 15 is 0 Å². The SMILES string of the molecule is CC/C=C(\C)OC(=NC)c1ccccc1. The van der Waals surface area contributed by atoms with Crippen LogP contribution in [0.15, 0.2) is 47.2 Å². The Kier molecular flexibility index (Phi) is 4.61. The van der Waals surface area contributed by atoms with Gasteiger partial charge >= 0.3 is 0 Å². The number of aliphatic imine (C=N–C) groups is 1. The molecular weight excluding hydrogens is 186 g/mol. The predicted molar refractivity (Wildman–Crippen MR) is 64.0 cm³/mol. The summed E-state index contributed by atoms with van der Waals surface area (Å²) in [4.78, 5) is 4.13. The summed E-state index contributed by atoms with van der Waals surface area (Å²) in [6.07, 6.45) is 3.01. The van der Waals surface area contributed by atoms with Gasteiger partial charge in [-0.1, -0.05) is 25.1 Å². The van der Waals surface area contributed by atoms with Gasteiger partial charge in [0.2, 0.25) is 5.90 Å². The number of benzene rings is 1. The van der Waals surface area contributed by atoms with Crippen molar-refractivity contribution >= 4 is 5.90 Å². The van der Waals surface area contributed by atoms with E-state index in [0.29, 0.717) is 5.90 Å². The van der Waals surface area contributed by atoms with E-state index in [2.05, 4.69) is 11.9 Å². The Morgan fingerprint density at radius 2 is 2.00 bits per heavy atom. The standard InChI is InChI=1S/C13H17NO/c1-4-8-11(2)15-13(14-3)12-9-6-5-7-10-12/h5-10H,4H2,1-3H3/b11-8+,14-13?. The van der Waals surface area contributed by atoms with E-state index in [1.165, 1.54) is 0 Å². The Balaban J connectivity index is 2.79. The first-order valence-corrected chi connectivity index (χ1v) is 5.14. The molecule has 0 unspecified atom stereocenters. The lowest BCUT2D eigenvalue weighted by Crippen LogP contribution is -2.05. The van der Waals surface area contributed by atoms with Crippen LogP contribution in [0.1, 0.15) is 25.8 Å². The molecule has 0 saturated heterocycles. The topological polar surface area (TPSA) is 21.6 Å². The predicted octanol–water partition coefficient (Wildman–Crippen LogP) is 3.39. The Labute approximate surface area is 91.3 Å². The summed E-state index contributed by atoms with van der Waals surface area (Å²) in [6.45, 7) is 4.02. The van der Waals surface area contributed by atoms with Crippen molar-refractivity contribution < 1.29 is 4.74 Å². The van der Waals surface area contributed by atoms with Crippen LogP contribution in [0.3, 0.4) is 0 Å². The Morgan fingerprint density at radius 3 is 2.53 bits per heavy atom. The van der Waals surface area contributed by atoms with Crippen molar-refractivity contribution in [3.8, 4) is 0 Å². The van der Waals surface area contributed by atoms with Crippen LogP contribution in [0.25, 0.3) is 0 Å². The fourth-order valence-electron chi connectivity index (χ4n) is 1.30. The van der Waals surface area contributed by atoms with Crippen molar-refractivity contribution in [2.24, 2.45) is 4.99 Å². The Bertz CT molecular complexity index is 352. The van der Waals surface area contributed by atoms with Crippen molar-refractivity contribution in [1.29, 1.82) is 0 Å². The van der Waals surface area contributed by atoms with Gasteiger partial charge in [0.25, 0.3) is 0 Å². The van der Waals surface area contributed by atoms with Gasteiger partial charge in [0.15, 0.2) is 0 Å². The van der Waals surface area contributed by atoms with Gasteiger partial charge in [0, 0.05) is 12.6 Å². The van der Waals surface area contributed by atoms with E-state index in [0.717, 1.165) is 17.7 Å². The summed E-state index contributed by atoms with van der Waals surface area (Å²) in [7, 11) is 1.74. The van der Waals surface area contributed by atoms with E-state index in [1.807, 2.05) is 43.3 Å². The largest absolute Gasteiger partial charge is 0.444 e. The molecule has 2 nitrogen and oxygen atoms in total. The molecule has 0 fully saturated rings. The second kappa shape index (κ2) is 6.02. The van der Waals surface area contributed by atoms with Gasteiger partial charge in [-0.2, -0.15) is 0 Å². The van der Waals surface area contributed by atoms with Gasteiger partial charge in [-0.15, -0.1) is 0 Å². The third-order valence-electron chi connectivity index (χ3n) is 1.97. The molecule has 0 N–H and O–H groups in total. The maximum atomic E-state index is 5.64. The van der Waals surface area contributed by atoms with Crippen molar-refractivity contribution in [3.05, 3.63) is 47.7 Å². The summed E-state index contributed by atoms with van der Waals surface area (Å²) >= 11 is 0. The van der Waals surface area contributed by atoms with Crippen LogP contribution in [0.4, 0.5) is 0 Å². The summed E-state index contributed by atoms with van der Waals surface area (Å²) in [6, 6.07) is 9.90. The number of allylic oxidation sites excluding steroid dienone is 2. The highest BCUT2D eigenvalue weighted by molar-refractivity contribution is 5.94. The molecule has 0 aliphatic rings. The molecule has 0 heterocycles. The lowest BCUT2D eigenvalue weighted by Gasteiger charge is -2.08. The van der Waals surface area contributed by atoms with Gasteiger partial charge in [0.1, 0.15) is 0 Å². The molecule has 0 amide bonds. The van der Waals surface area contributed by atoms with E-state index in [-0.39, 0.29) is 0 Å². The molecule has 0 atom stereocenters. The molecule has 1 aromatic carbocycles. The molecule has 15 heavy (non-hydrogen) atoms. The third kappa shape index (κ3) is 3.58. The van der Waals surface area contributed by atoms with E-state index in [1.54, 1.807) is 7.05 Å². The smallest absolute Gasteiger partial charge is 0.221 e. The zero-order valence-electron chi connectivity index (χ0n) is 9.53. The molecule has 0 bridgehead atoms. The van der Waals surface area contributed by atoms with Crippen LogP contribution >= 0.6 is 0 Å². The maximum absolute atomic E-state index is 5.64. The third-order valence-corrected chi connectivity index (χ3v) is 1.97. The number of nitrogens with zero attached hydrogens (tertiary/aromatic N) is 1. The van der Waals surface area contributed by atoms with E-state index in [9.17, 15) is 0 Å². The van der Waals surface area contributed by atoms with E-state index in [4.69, 9.17) is 4.74 Å². The summed E-state index contributed by atoms with van der Waals surface area (Å²) in [5.74, 6) is 1.56. The Morgan fingerprint density at radius 1 is 1.33 bits per heavy atom. The lowest BCUT2D eigenvalue weighted by atomic mass is 10.2. The lowest BCUT2D eigenvalue weighted by molar-refractivity contribution is 0.415. The van der Waals surface area contributed by atoms with Crippen molar-refractivity contribution in [1.82, 2.24) is 0 Å². The van der Waals surface area contributed by atoms with Gasteiger partial charge in [-0.25, -0.2) is 0 Å². The normalized spacial score (nSPS) is 12.7. The van der Waals surface area contributed by atoms with Gasteiger partial charge in [-0.3, -0.25) is 4.99 Å². The molecule has 2 heteroatoms. The van der Waals surface area contributed by atoms with Crippen molar-refractivity contribution in [2.45, 2.75) is 20.3 Å². The molecule has 80 valence electrons. The second-order valence-electron chi connectivity index (χ2n) is 3.22. The van der Waals surface area contributed by atoms with Crippen LogP contribution in [0.2, 0.25) is 0 Å². The molecule has 0 saturated carbocycles. The van der Waals surface area contributed by atoms with Gasteiger partial charge < -0.3 is 4.74 Å². The zero-order valence-corrected chi connectivity index (χ0v) is 9.53. The number of hydrogen-bond donors (Lipinski definition) is 0. The minimum Gasteiger partial charge on any atom is -0.444 e. The van der Waals surface area contributed by atoms with E-state index < -0.39 is 0 Å². The molecule has 0 radical (unpaired) electrons.